The number of fused-ring (bicyclic) bond motifs is 1. The van der Waals surface area contributed by atoms with Crippen LogP contribution < -0.4 is 5.73 Å². The maximum atomic E-state index is 13.4. The molecule has 1 atom stereocenters. The minimum Gasteiger partial charge on any atom is -0.513 e. The van der Waals surface area contributed by atoms with Crippen molar-refractivity contribution in [1.29, 1.82) is 5.41 Å². The molecule has 1 unspecified atom stereocenters. The highest BCUT2D eigenvalue weighted by molar-refractivity contribution is 5.97. The van der Waals surface area contributed by atoms with Crippen molar-refractivity contribution in [3.05, 3.63) is 65.1 Å². The molecule has 4 nitrogen and oxygen atoms in total. The van der Waals surface area contributed by atoms with Crippen molar-refractivity contribution in [2.75, 3.05) is 5.73 Å². The van der Waals surface area contributed by atoms with Crippen LogP contribution in [0.1, 0.15) is 55.5 Å². The van der Waals surface area contributed by atoms with Gasteiger partial charge in [0.15, 0.2) is 0 Å². The number of aryl methyl sites for hydroxylation is 1. The van der Waals surface area contributed by atoms with Gasteiger partial charge in [0, 0.05) is 40.5 Å². The molecule has 2 aromatic rings. The number of hydrogen-bond donors (Lipinski definition) is 3. The van der Waals surface area contributed by atoms with Crippen LogP contribution in [0.2, 0.25) is 0 Å². The van der Waals surface area contributed by atoms with Crippen molar-refractivity contribution < 1.29 is 18.3 Å². The lowest BCUT2D eigenvalue weighted by molar-refractivity contribution is -0.0888. The fourth-order valence-corrected chi connectivity index (χ4v) is 4.15. The van der Waals surface area contributed by atoms with Gasteiger partial charge in [-0.2, -0.15) is 13.2 Å². The number of rotatable bonds is 6. The predicted octanol–water partition coefficient (Wildman–Crippen LogP) is 6.34. The average molecular weight is 417 g/mol. The second-order valence-electron chi connectivity index (χ2n) is 7.92. The van der Waals surface area contributed by atoms with Gasteiger partial charge in [0.05, 0.1) is 17.4 Å². The lowest BCUT2D eigenvalue weighted by atomic mass is 9.97. The number of halogens is 3. The Hall–Kier alpha value is -2.96. The number of aliphatic hydroxyl groups excluding tert-OH is 1. The van der Waals surface area contributed by atoms with Crippen LogP contribution in [0.25, 0.3) is 10.9 Å². The Morgan fingerprint density at radius 3 is 2.67 bits per heavy atom. The van der Waals surface area contributed by atoms with E-state index in [1.807, 2.05) is 18.4 Å². The van der Waals surface area contributed by atoms with Gasteiger partial charge in [-0.3, -0.25) is 0 Å². The number of alkyl halides is 3. The maximum Gasteiger partial charge on any atom is 0.416 e. The molecular weight excluding hydrogens is 391 g/mol. The largest absolute Gasteiger partial charge is 0.513 e. The van der Waals surface area contributed by atoms with Crippen molar-refractivity contribution in [3.63, 3.8) is 0 Å². The van der Waals surface area contributed by atoms with E-state index >= 15 is 0 Å². The second-order valence-corrected chi connectivity index (χ2v) is 7.92. The first kappa shape index (κ1) is 21.7. The molecule has 7 heteroatoms. The molecule has 1 aliphatic carbocycles. The third-order valence-corrected chi connectivity index (χ3v) is 5.43. The second kappa shape index (κ2) is 8.05. The number of hydrogen-bond acceptors (Lipinski definition) is 3. The minimum atomic E-state index is -4.42. The topological polar surface area (TPSA) is 75.0 Å². The van der Waals surface area contributed by atoms with E-state index in [4.69, 9.17) is 11.1 Å². The van der Waals surface area contributed by atoms with Crippen LogP contribution in [0.3, 0.4) is 0 Å². The Bertz CT molecular complexity index is 1060. The van der Waals surface area contributed by atoms with Gasteiger partial charge in [-0.1, -0.05) is 32.6 Å². The summed E-state index contributed by atoms with van der Waals surface area (Å²) in [6.45, 7) is 7.55. The Kier molecular flexibility index (Phi) is 5.83. The van der Waals surface area contributed by atoms with Crippen LogP contribution in [0.5, 0.6) is 0 Å². The van der Waals surface area contributed by atoms with Crippen LogP contribution >= 0.6 is 0 Å². The zero-order chi connectivity index (χ0) is 22.2. The molecule has 1 aromatic heterocycles. The number of anilines is 1. The summed E-state index contributed by atoms with van der Waals surface area (Å²) in [5.74, 6) is 0.0761. The molecule has 0 spiro atoms. The monoisotopic (exact) mass is 417 g/mol. The first-order chi connectivity index (χ1) is 14.0. The van der Waals surface area contributed by atoms with E-state index in [2.05, 4.69) is 6.58 Å². The van der Waals surface area contributed by atoms with Crippen LogP contribution in [-0.4, -0.2) is 22.1 Å². The van der Waals surface area contributed by atoms with E-state index in [0.29, 0.717) is 30.5 Å². The Morgan fingerprint density at radius 2 is 2.10 bits per heavy atom. The van der Waals surface area contributed by atoms with Crippen molar-refractivity contribution in [1.82, 2.24) is 4.57 Å². The third-order valence-electron chi connectivity index (χ3n) is 5.43. The van der Waals surface area contributed by atoms with Gasteiger partial charge >= 0.3 is 6.18 Å². The summed E-state index contributed by atoms with van der Waals surface area (Å²) in [4.78, 5) is 0. The Labute approximate surface area is 173 Å². The van der Waals surface area contributed by atoms with Crippen LogP contribution in [0, 0.1) is 5.41 Å². The Balaban J connectivity index is 2.32. The summed E-state index contributed by atoms with van der Waals surface area (Å²) < 4.78 is 42.1. The molecule has 0 bridgehead atoms. The van der Waals surface area contributed by atoms with Gasteiger partial charge in [-0.15, -0.1) is 0 Å². The SMILES string of the molecule is C=C(O)CCc1c(C(C)C)n(C2C=C(C(F)(F)F)C=CC2)c2cc(C=N)c(N)cc12. The zero-order valence-corrected chi connectivity index (χ0v) is 17.1. The van der Waals surface area contributed by atoms with Gasteiger partial charge in [0.2, 0.25) is 0 Å². The first-order valence-corrected chi connectivity index (χ1v) is 9.83. The zero-order valence-electron chi connectivity index (χ0n) is 17.1. The average Bonchev–Trinajstić information content (AvgIpc) is 2.98. The lowest BCUT2D eigenvalue weighted by Crippen LogP contribution is -2.18. The molecule has 1 heterocycles. The first-order valence-electron chi connectivity index (χ1n) is 9.83. The number of nitrogens with two attached hydrogens (primary N) is 1. The van der Waals surface area contributed by atoms with Gasteiger partial charge < -0.3 is 20.8 Å². The molecule has 0 amide bonds. The van der Waals surface area contributed by atoms with E-state index < -0.39 is 17.8 Å². The molecule has 0 aliphatic heterocycles. The summed E-state index contributed by atoms with van der Waals surface area (Å²) in [6, 6.07) is 3.03. The highest BCUT2D eigenvalue weighted by atomic mass is 19.4. The molecular formula is C23H26F3N3O. The predicted molar refractivity (Wildman–Crippen MR) is 115 cm³/mol. The Morgan fingerprint density at radius 1 is 1.40 bits per heavy atom. The van der Waals surface area contributed by atoms with Gasteiger partial charge in [0.25, 0.3) is 0 Å². The molecule has 0 fully saturated rings. The molecule has 30 heavy (non-hydrogen) atoms. The number of nitrogens with one attached hydrogen (secondary N) is 1. The van der Waals surface area contributed by atoms with Gasteiger partial charge in [0.1, 0.15) is 0 Å². The maximum absolute atomic E-state index is 13.4. The molecule has 160 valence electrons. The van der Waals surface area contributed by atoms with E-state index in [9.17, 15) is 18.3 Å². The third kappa shape index (κ3) is 4.01. The standard InChI is InChI=1S/C23H26F3N3O/c1-13(2)22-18(8-7-14(3)30)19-11-20(28)15(12-27)9-21(19)29(22)17-6-4-5-16(10-17)23(24,25)26/h4-5,9-13,17,27,30H,3,6-8,28H2,1-2H3. The summed E-state index contributed by atoms with van der Waals surface area (Å²) in [7, 11) is 0. The van der Waals surface area contributed by atoms with Gasteiger partial charge in [-0.05, 0) is 42.5 Å². The van der Waals surface area contributed by atoms with Crippen LogP contribution in [-0.2, 0) is 6.42 Å². The van der Waals surface area contributed by atoms with E-state index in [0.717, 1.165) is 34.5 Å². The molecule has 1 aliphatic rings. The molecule has 0 saturated carbocycles. The minimum absolute atomic E-state index is 0.0256. The van der Waals surface area contributed by atoms with Gasteiger partial charge in [-0.25, -0.2) is 0 Å². The summed E-state index contributed by atoms with van der Waals surface area (Å²) >= 11 is 0. The van der Waals surface area contributed by atoms with Crippen LogP contribution in [0.15, 0.2) is 48.3 Å². The number of aliphatic hydroxyl groups is 1. The fraction of sp³-hybridized carbons (Fsp3) is 0.348. The number of allylic oxidation sites excluding steroid dienone is 5. The lowest BCUT2D eigenvalue weighted by Gasteiger charge is -2.25. The summed E-state index contributed by atoms with van der Waals surface area (Å²) in [6.07, 6.45) is 1.93. The van der Waals surface area contributed by atoms with Crippen molar-refractivity contribution in [2.45, 2.75) is 51.2 Å². The molecule has 3 rings (SSSR count). The molecule has 1 aromatic carbocycles. The normalized spacial score (nSPS) is 16.9. The van der Waals surface area contributed by atoms with E-state index in [1.165, 1.54) is 6.08 Å². The fourth-order valence-electron chi connectivity index (χ4n) is 4.15. The van der Waals surface area contributed by atoms with Crippen LogP contribution in [0.4, 0.5) is 18.9 Å². The highest BCUT2D eigenvalue weighted by Gasteiger charge is 2.34. The van der Waals surface area contributed by atoms with E-state index in [1.54, 1.807) is 18.2 Å². The highest BCUT2D eigenvalue weighted by Crippen LogP contribution is 2.41. The number of nitrogens with zero attached hydrogens (tertiary/aromatic N) is 1. The smallest absolute Gasteiger partial charge is 0.416 e. The molecule has 0 saturated heterocycles. The summed E-state index contributed by atoms with van der Waals surface area (Å²) in [5.41, 5.74) is 8.99. The summed E-state index contributed by atoms with van der Waals surface area (Å²) in [5, 5.41) is 18.1. The van der Waals surface area contributed by atoms with Crippen molar-refractivity contribution in [3.8, 4) is 0 Å². The molecule has 0 radical (unpaired) electrons. The van der Waals surface area contributed by atoms with Crippen molar-refractivity contribution >= 4 is 22.8 Å². The van der Waals surface area contributed by atoms with E-state index in [-0.39, 0.29) is 11.7 Å². The number of nitrogen functional groups attached to an aromatic ring is 1. The number of aromatic nitrogens is 1. The van der Waals surface area contributed by atoms with Crippen molar-refractivity contribution in [2.24, 2.45) is 0 Å². The molecule has 4 N–H and O–H groups in total. The quantitative estimate of drug-likeness (QED) is 0.291. The number of benzene rings is 1.